The minimum absolute atomic E-state index is 0.567. The van der Waals surface area contributed by atoms with E-state index < -0.39 is 0 Å². The van der Waals surface area contributed by atoms with Crippen LogP contribution in [0.5, 0.6) is 0 Å². The van der Waals surface area contributed by atoms with Crippen molar-refractivity contribution in [3.8, 4) is 12.3 Å². The monoisotopic (exact) mass is 161 g/mol. The van der Waals surface area contributed by atoms with Gasteiger partial charge in [0.05, 0.1) is 12.4 Å². The summed E-state index contributed by atoms with van der Waals surface area (Å²) in [4.78, 5) is 8.06. The largest absolute Gasteiger partial charge is 0.369 e. The Morgan fingerprint density at radius 3 is 2.83 bits per heavy atom. The topological polar surface area (TPSA) is 37.8 Å². The number of terminal acetylenes is 1. The first-order chi connectivity index (χ1) is 5.86. The summed E-state index contributed by atoms with van der Waals surface area (Å²) in [5.41, 5.74) is 0.567. The predicted molar refractivity (Wildman–Crippen MR) is 48.7 cm³/mol. The van der Waals surface area contributed by atoms with Crippen molar-refractivity contribution in [1.82, 2.24) is 9.97 Å². The highest BCUT2D eigenvalue weighted by molar-refractivity contribution is 5.33. The Morgan fingerprint density at radius 2 is 2.33 bits per heavy atom. The molecule has 0 atom stereocenters. The van der Waals surface area contributed by atoms with Crippen molar-refractivity contribution in [3.63, 3.8) is 0 Å². The van der Waals surface area contributed by atoms with E-state index in [0.29, 0.717) is 5.69 Å². The molecule has 3 heteroatoms. The van der Waals surface area contributed by atoms with Gasteiger partial charge in [-0.25, -0.2) is 9.97 Å². The molecular weight excluding hydrogens is 150 g/mol. The molecule has 1 aromatic rings. The van der Waals surface area contributed by atoms with Crippen molar-refractivity contribution in [3.05, 3.63) is 18.1 Å². The summed E-state index contributed by atoms with van der Waals surface area (Å²) in [7, 11) is 0. The molecule has 3 nitrogen and oxygen atoms in total. The third-order valence-corrected chi connectivity index (χ3v) is 1.36. The van der Waals surface area contributed by atoms with Crippen molar-refractivity contribution in [2.24, 2.45) is 0 Å². The number of anilines is 1. The Hall–Kier alpha value is -1.56. The maximum absolute atomic E-state index is 5.13. The van der Waals surface area contributed by atoms with Gasteiger partial charge in [-0.15, -0.1) is 6.42 Å². The fraction of sp³-hybridized carbons (Fsp3) is 0.333. The van der Waals surface area contributed by atoms with Crippen LogP contribution in [0.3, 0.4) is 0 Å². The highest BCUT2D eigenvalue weighted by Gasteiger charge is 1.92. The van der Waals surface area contributed by atoms with Crippen LogP contribution in [0, 0.1) is 12.3 Å². The molecule has 0 bridgehead atoms. The van der Waals surface area contributed by atoms with E-state index in [1.807, 2.05) is 0 Å². The van der Waals surface area contributed by atoms with Gasteiger partial charge in [0, 0.05) is 6.54 Å². The molecule has 0 aliphatic heterocycles. The molecule has 0 aliphatic carbocycles. The Labute approximate surface area is 72.2 Å². The molecule has 0 saturated heterocycles. The molecule has 0 saturated carbocycles. The van der Waals surface area contributed by atoms with Gasteiger partial charge in [0.1, 0.15) is 11.5 Å². The average molecular weight is 161 g/mol. The molecule has 0 fully saturated rings. The van der Waals surface area contributed by atoms with E-state index in [1.165, 1.54) is 0 Å². The maximum Gasteiger partial charge on any atom is 0.144 e. The van der Waals surface area contributed by atoms with Crippen LogP contribution >= 0.6 is 0 Å². The molecule has 12 heavy (non-hydrogen) atoms. The van der Waals surface area contributed by atoms with Crippen LogP contribution in [0.25, 0.3) is 0 Å². The molecule has 0 amide bonds. The maximum atomic E-state index is 5.13. The molecule has 1 heterocycles. The van der Waals surface area contributed by atoms with Crippen molar-refractivity contribution in [1.29, 1.82) is 0 Å². The molecule has 0 radical (unpaired) electrons. The van der Waals surface area contributed by atoms with Gasteiger partial charge in [-0.2, -0.15) is 0 Å². The van der Waals surface area contributed by atoms with E-state index in [9.17, 15) is 0 Å². The predicted octanol–water partition coefficient (Wildman–Crippen LogP) is 1.28. The first-order valence-corrected chi connectivity index (χ1v) is 3.89. The fourth-order valence-corrected chi connectivity index (χ4v) is 0.747. The van der Waals surface area contributed by atoms with E-state index in [1.54, 1.807) is 12.4 Å². The molecule has 1 aromatic heterocycles. The van der Waals surface area contributed by atoms with Gasteiger partial charge in [0.25, 0.3) is 0 Å². The van der Waals surface area contributed by atoms with Crippen LogP contribution in [0.15, 0.2) is 12.4 Å². The molecular formula is C9H11N3. The van der Waals surface area contributed by atoms with Crippen molar-refractivity contribution in [2.75, 3.05) is 11.9 Å². The number of aromatic nitrogens is 2. The summed E-state index contributed by atoms with van der Waals surface area (Å²) < 4.78 is 0. The van der Waals surface area contributed by atoms with Crippen molar-refractivity contribution < 1.29 is 0 Å². The standard InChI is InChI=1S/C9H11N3/c1-3-5-10-9-7-11-8(4-2)6-12-9/h2,6-7H,3,5H2,1H3,(H,10,12). The van der Waals surface area contributed by atoms with Gasteiger partial charge in [0.15, 0.2) is 0 Å². The molecule has 62 valence electrons. The van der Waals surface area contributed by atoms with E-state index in [4.69, 9.17) is 6.42 Å². The zero-order valence-electron chi connectivity index (χ0n) is 7.04. The number of hydrogen-bond donors (Lipinski definition) is 1. The second-order valence-electron chi connectivity index (χ2n) is 2.36. The van der Waals surface area contributed by atoms with Crippen LogP contribution in [0.2, 0.25) is 0 Å². The lowest BCUT2D eigenvalue weighted by Crippen LogP contribution is -2.02. The SMILES string of the molecule is C#Cc1cnc(NCCC)cn1. The quantitative estimate of drug-likeness (QED) is 0.678. The van der Waals surface area contributed by atoms with E-state index in [-0.39, 0.29) is 0 Å². The third kappa shape index (κ3) is 2.24. The fourth-order valence-electron chi connectivity index (χ4n) is 0.747. The minimum atomic E-state index is 0.567. The summed E-state index contributed by atoms with van der Waals surface area (Å²) in [5, 5.41) is 3.10. The molecule has 1 N–H and O–H groups in total. The lowest BCUT2D eigenvalue weighted by Gasteiger charge is -2.01. The van der Waals surface area contributed by atoms with Crippen LogP contribution in [0.4, 0.5) is 5.82 Å². The van der Waals surface area contributed by atoms with Gasteiger partial charge < -0.3 is 5.32 Å². The molecule has 0 aliphatic rings. The number of nitrogens with one attached hydrogen (secondary N) is 1. The van der Waals surface area contributed by atoms with Crippen molar-refractivity contribution in [2.45, 2.75) is 13.3 Å². The van der Waals surface area contributed by atoms with Gasteiger partial charge in [-0.3, -0.25) is 0 Å². The summed E-state index contributed by atoms with van der Waals surface area (Å²) in [6, 6.07) is 0. The zero-order valence-corrected chi connectivity index (χ0v) is 7.04. The lowest BCUT2D eigenvalue weighted by molar-refractivity contribution is 0.963. The van der Waals surface area contributed by atoms with E-state index >= 15 is 0 Å². The van der Waals surface area contributed by atoms with Crippen molar-refractivity contribution >= 4 is 5.82 Å². The Morgan fingerprint density at radius 1 is 1.50 bits per heavy atom. The van der Waals surface area contributed by atoms with Crippen LogP contribution in [0.1, 0.15) is 19.0 Å². The molecule has 1 rings (SSSR count). The second kappa shape index (κ2) is 4.35. The smallest absolute Gasteiger partial charge is 0.144 e. The molecule has 0 spiro atoms. The van der Waals surface area contributed by atoms with Gasteiger partial charge in [-0.1, -0.05) is 6.92 Å². The van der Waals surface area contributed by atoms with Crippen LogP contribution in [-0.2, 0) is 0 Å². The average Bonchev–Trinajstić information content (AvgIpc) is 2.15. The molecule has 0 aromatic carbocycles. The number of hydrogen-bond acceptors (Lipinski definition) is 3. The Balaban J connectivity index is 2.60. The highest BCUT2D eigenvalue weighted by atomic mass is 15.0. The van der Waals surface area contributed by atoms with Gasteiger partial charge >= 0.3 is 0 Å². The van der Waals surface area contributed by atoms with Gasteiger partial charge in [0.2, 0.25) is 0 Å². The number of rotatable bonds is 3. The van der Waals surface area contributed by atoms with Crippen LogP contribution in [-0.4, -0.2) is 16.5 Å². The Bertz CT molecular complexity index is 271. The summed E-state index contributed by atoms with van der Waals surface area (Å²) >= 11 is 0. The first-order valence-electron chi connectivity index (χ1n) is 3.89. The van der Waals surface area contributed by atoms with Gasteiger partial charge in [-0.05, 0) is 12.3 Å². The first kappa shape index (κ1) is 8.54. The minimum Gasteiger partial charge on any atom is -0.369 e. The summed E-state index contributed by atoms with van der Waals surface area (Å²) in [5.74, 6) is 3.18. The summed E-state index contributed by atoms with van der Waals surface area (Å²) in [6.45, 7) is 3.00. The lowest BCUT2D eigenvalue weighted by atomic mass is 10.4. The molecule has 0 unspecified atom stereocenters. The zero-order chi connectivity index (χ0) is 8.81. The second-order valence-corrected chi connectivity index (χ2v) is 2.36. The Kier molecular flexibility index (Phi) is 3.09. The normalized spacial score (nSPS) is 9.00. The highest BCUT2D eigenvalue weighted by Crippen LogP contribution is 1.99. The van der Waals surface area contributed by atoms with E-state index in [0.717, 1.165) is 18.8 Å². The summed E-state index contributed by atoms with van der Waals surface area (Å²) in [6.07, 6.45) is 9.42. The third-order valence-electron chi connectivity index (χ3n) is 1.36. The number of nitrogens with zero attached hydrogens (tertiary/aromatic N) is 2. The van der Waals surface area contributed by atoms with E-state index in [2.05, 4.69) is 28.1 Å². The van der Waals surface area contributed by atoms with Crippen LogP contribution < -0.4 is 5.32 Å².